The summed E-state index contributed by atoms with van der Waals surface area (Å²) in [5, 5.41) is 2.95. The van der Waals surface area contributed by atoms with Gasteiger partial charge in [-0.1, -0.05) is 29.8 Å². The number of ether oxygens (including phenoxy) is 1. The summed E-state index contributed by atoms with van der Waals surface area (Å²) in [7, 11) is 0. The van der Waals surface area contributed by atoms with Crippen molar-refractivity contribution in [3.63, 3.8) is 0 Å². The second kappa shape index (κ2) is 9.05. The van der Waals surface area contributed by atoms with E-state index in [1.807, 2.05) is 25.1 Å². The summed E-state index contributed by atoms with van der Waals surface area (Å²) in [5.74, 6) is 0.605. The van der Waals surface area contributed by atoms with Gasteiger partial charge in [0.25, 0.3) is 5.91 Å². The lowest BCUT2D eigenvalue weighted by atomic mass is 10.1. The molecule has 1 rings (SSSR count). The van der Waals surface area contributed by atoms with Crippen molar-refractivity contribution >= 4 is 21.8 Å². The van der Waals surface area contributed by atoms with Crippen molar-refractivity contribution in [1.29, 1.82) is 0 Å². The van der Waals surface area contributed by atoms with Gasteiger partial charge in [0.1, 0.15) is 5.75 Å². The van der Waals surface area contributed by atoms with E-state index < -0.39 is 0 Å². The maximum absolute atomic E-state index is 11.8. The molecule has 1 unspecified atom stereocenters. The van der Waals surface area contributed by atoms with E-state index in [2.05, 4.69) is 35.1 Å². The highest BCUT2D eigenvalue weighted by atomic mass is 79.9. The molecule has 0 heterocycles. The quantitative estimate of drug-likeness (QED) is 0.752. The van der Waals surface area contributed by atoms with Gasteiger partial charge in [0, 0.05) is 16.6 Å². The Labute approximate surface area is 135 Å². The van der Waals surface area contributed by atoms with Crippen molar-refractivity contribution in [1.82, 2.24) is 5.32 Å². The maximum atomic E-state index is 11.8. The molecule has 1 amide bonds. The number of benzene rings is 1. The summed E-state index contributed by atoms with van der Waals surface area (Å²) in [6.45, 7) is 6.12. The molecule has 21 heavy (non-hydrogen) atoms. The van der Waals surface area contributed by atoms with Gasteiger partial charge in [-0.2, -0.15) is 0 Å². The normalized spacial score (nSPS) is 12.3. The SMILES string of the molecule is CCC(CC)NC(=O)COc1ccc(Br)c(CC(C)N)c1. The van der Waals surface area contributed by atoms with Crippen molar-refractivity contribution in [2.45, 2.75) is 52.1 Å². The number of nitrogens with two attached hydrogens (primary N) is 1. The Balaban J connectivity index is 2.57. The summed E-state index contributed by atoms with van der Waals surface area (Å²) >= 11 is 3.50. The smallest absolute Gasteiger partial charge is 0.258 e. The molecular formula is C16H25BrN2O2. The van der Waals surface area contributed by atoms with Gasteiger partial charge in [0.2, 0.25) is 0 Å². The van der Waals surface area contributed by atoms with E-state index >= 15 is 0 Å². The predicted octanol–water partition coefficient (Wildman–Crippen LogP) is 3.02. The van der Waals surface area contributed by atoms with E-state index in [4.69, 9.17) is 10.5 Å². The van der Waals surface area contributed by atoms with Crippen LogP contribution in [0.1, 0.15) is 39.2 Å². The second-order valence-electron chi connectivity index (χ2n) is 5.30. The summed E-state index contributed by atoms with van der Waals surface area (Å²) in [4.78, 5) is 11.8. The largest absolute Gasteiger partial charge is 0.484 e. The van der Waals surface area contributed by atoms with Crippen LogP contribution in [0.4, 0.5) is 0 Å². The third-order valence-corrected chi connectivity index (χ3v) is 4.05. The van der Waals surface area contributed by atoms with Crippen LogP contribution in [0, 0.1) is 0 Å². The highest BCUT2D eigenvalue weighted by Crippen LogP contribution is 2.23. The van der Waals surface area contributed by atoms with Crippen LogP contribution in [0.3, 0.4) is 0 Å². The van der Waals surface area contributed by atoms with E-state index in [9.17, 15) is 4.79 Å². The van der Waals surface area contributed by atoms with Crippen LogP contribution in [0.15, 0.2) is 22.7 Å². The van der Waals surface area contributed by atoms with Gasteiger partial charge in [-0.05, 0) is 49.9 Å². The van der Waals surface area contributed by atoms with E-state index in [1.54, 1.807) is 0 Å². The topological polar surface area (TPSA) is 64.3 Å². The molecule has 3 N–H and O–H groups in total. The van der Waals surface area contributed by atoms with Gasteiger partial charge >= 0.3 is 0 Å². The van der Waals surface area contributed by atoms with Crippen molar-refractivity contribution < 1.29 is 9.53 Å². The second-order valence-corrected chi connectivity index (χ2v) is 6.16. The number of hydrogen-bond donors (Lipinski definition) is 2. The first kappa shape index (κ1) is 18.0. The number of halogens is 1. The van der Waals surface area contributed by atoms with E-state index in [0.717, 1.165) is 29.3 Å². The van der Waals surface area contributed by atoms with E-state index in [0.29, 0.717) is 5.75 Å². The highest BCUT2D eigenvalue weighted by Gasteiger charge is 2.10. The van der Waals surface area contributed by atoms with Crippen LogP contribution in [-0.2, 0) is 11.2 Å². The summed E-state index contributed by atoms with van der Waals surface area (Å²) < 4.78 is 6.57. The Morgan fingerprint density at radius 2 is 2.05 bits per heavy atom. The Morgan fingerprint density at radius 3 is 2.62 bits per heavy atom. The molecule has 5 heteroatoms. The number of nitrogens with one attached hydrogen (secondary N) is 1. The van der Waals surface area contributed by atoms with Crippen molar-refractivity contribution in [2.75, 3.05) is 6.61 Å². The fourth-order valence-electron chi connectivity index (χ4n) is 2.06. The van der Waals surface area contributed by atoms with Crippen LogP contribution in [0.5, 0.6) is 5.75 Å². The average Bonchev–Trinajstić information content (AvgIpc) is 2.45. The molecule has 1 atom stereocenters. The molecule has 0 fully saturated rings. The summed E-state index contributed by atoms with van der Waals surface area (Å²) in [6, 6.07) is 6.00. The average molecular weight is 357 g/mol. The van der Waals surface area contributed by atoms with E-state index in [1.165, 1.54) is 0 Å². The summed E-state index contributed by atoms with van der Waals surface area (Å²) in [5.41, 5.74) is 6.91. The van der Waals surface area contributed by atoms with Crippen LogP contribution < -0.4 is 15.8 Å². The zero-order chi connectivity index (χ0) is 15.8. The lowest BCUT2D eigenvalue weighted by Crippen LogP contribution is -2.37. The molecule has 0 saturated heterocycles. The molecule has 0 aliphatic heterocycles. The zero-order valence-corrected chi connectivity index (χ0v) is 14.6. The zero-order valence-electron chi connectivity index (χ0n) is 13.0. The minimum Gasteiger partial charge on any atom is -0.484 e. The van der Waals surface area contributed by atoms with Crippen LogP contribution in [-0.4, -0.2) is 24.6 Å². The van der Waals surface area contributed by atoms with Gasteiger partial charge < -0.3 is 15.8 Å². The Kier molecular flexibility index (Phi) is 7.75. The lowest BCUT2D eigenvalue weighted by molar-refractivity contribution is -0.123. The van der Waals surface area contributed by atoms with Gasteiger partial charge in [-0.15, -0.1) is 0 Å². The molecule has 4 nitrogen and oxygen atoms in total. The third kappa shape index (κ3) is 6.48. The van der Waals surface area contributed by atoms with Gasteiger partial charge in [0.05, 0.1) is 0 Å². The van der Waals surface area contributed by atoms with Crippen LogP contribution in [0.25, 0.3) is 0 Å². The minimum atomic E-state index is -0.0830. The minimum absolute atomic E-state index is 0.0375. The monoisotopic (exact) mass is 356 g/mol. The lowest BCUT2D eigenvalue weighted by Gasteiger charge is -2.15. The molecule has 0 aromatic heterocycles. The Hall–Kier alpha value is -1.07. The first-order valence-electron chi connectivity index (χ1n) is 7.42. The molecule has 0 saturated carbocycles. The molecule has 0 spiro atoms. The van der Waals surface area contributed by atoms with Gasteiger partial charge in [-0.25, -0.2) is 0 Å². The standard InChI is InChI=1S/C16H25BrN2O2/c1-4-13(5-2)19-16(20)10-21-14-6-7-15(17)12(9-14)8-11(3)18/h6-7,9,11,13H,4-5,8,10,18H2,1-3H3,(H,19,20). The van der Waals surface area contributed by atoms with Crippen LogP contribution in [0.2, 0.25) is 0 Å². The first-order chi connectivity index (χ1) is 9.96. The van der Waals surface area contributed by atoms with Crippen molar-refractivity contribution in [2.24, 2.45) is 5.73 Å². The fraction of sp³-hybridized carbons (Fsp3) is 0.562. The van der Waals surface area contributed by atoms with Gasteiger partial charge in [-0.3, -0.25) is 4.79 Å². The Bertz CT molecular complexity index is 460. The Morgan fingerprint density at radius 1 is 1.38 bits per heavy atom. The first-order valence-corrected chi connectivity index (χ1v) is 8.21. The molecule has 0 aliphatic rings. The molecule has 118 valence electrons. The van der Waals surface area contributed by atoms with Crippen molar-refractivity contribution in [3.8, 4) is 5.75 Å². The fourth-order valence-corrected chi connectivity index (χ4v) is 2.46. The van der Waals surface area contributed by atoms with Crippen molar-refractivity contribution in [3.05, 3.63) is 28.2 Å². The third-order valence-electron chi connectivity index (χ3n) is 3.28. The number of rotatable bonds is 8. The molecule has 0 bridgehead atoms. The maximum Gasteiger partial charge on any atom is 0.258 e. The molecular weight excluding hydrogens is 332 g/mol. The number of carbonyl (C=O) groups excluding carboxylic acids is 1. The number of amides is 1. The number of hydrogen-bond acceptors (Lipinski definition) is 3. The van der Waals surface area contributed by atoms with Gasteiger partial charge in [0.15, 0.2) is 6.61 Å². The highest BCUT2D eigenvalue weighted by molar-refractivity contribution is 9.10. The summed E-state index contributed by atoms with van der Waals surface area (Å²) in [6.07, 6.45) is 2.62. The molecule has 1 aromatic rings. The molecule has 0 radical (unpaired) electrons. The molecule has 1 aromatic carbocycles. The van der Waals surface area contributed by atoms with Crippen LogP contribution >= 0.6 is 15.9 Å². The number of carbonyl (C=O) groups is 1. The molecule has 0 aliphatic carbocycles. The van der Waals surface area contributed by atoms with E-state index in [-0.39, 0.29) is 24.6 Å². The predicted molar refractivity (Wildman–Crippen MR) is 89.5 cm³/mol.